The van der Waals surface area contributed by atoms with Crippen molar-refractivity contribution >= 4 is 27.3 Å². The fourth-order valence-corrected chi connectivity index (χ4v) is 1.66. The monoisotopic (exact) mass is 284 g/mol. The first-order valence-electron chi connectivity index (χ1n) is 5.09. The van der Waals surface area contributed by atoms with Crippen LogP contribution in [0.3, 0.4) is 0 Å². The standard InChI is InChI=1S/C14H9BrN2/c15-12-8-6-11(7-9-12)14(10-16)17-13-4-2-1-3-5-13/h1-9H/b17-14+. The molecular weight excluding hydrogens is 276 g/mol. The second kappa shape index (κ2) is 5.42. The van der Waals surface area contributed by atoms with Crippen molar-refractivity contribution in [2.75, 3.05) is 0 Å². The molecule has 3 heteroatoms. The van der Waals surface area contributed by atoms with Gasteiger partial charge in [-0.1, -0.05) is 46.3 Å². The van der Waals surface area contributed by atoms with Crippen molar-refractivity contribution in [3.63, 3.8) is 0 Å². The van der Waals surface area contributed by atoms with Crippen LogP contribution >= 0.6 is 15.9 Å². The number of hydrogen-bond donors (Lipinski definition) is 0. The third-order valence-corrected chi connectivity index (χ3v) is 2.75. The van der Waals surface area contributed by atoms with E-state index >= 15 is 0 Å². The lowest BCUT2D eigenvalue weighted by molar-refractivity contribution is 1.47. The van der Waals surface area contributed by atoms with E-state index < -0.39 is 0 Å². The zero-order valence-corrected chi connectivity index (χ0v) is 10.6. The maximum absolute atomic E-state index is 9.12. The van der Waals surface area contributed by atoms with E-state index in [9.17, 15) is 0 Å². The number of para-hydroxylation sites is 1. The molecule has 0 saturated carbocycles. The molecule has 17 heavy (non-hydrogen) atoms. The molecule has 0 aliphatic carbocycles. The van der Waals surface area contributed by atoms with Gasteiger partial charge in [-0.05, 0) is 24.3 Å². The molecule has 0 N–H and O–H groups in total. The Morgan fingerprint density at radius 2 is 1.65 bits per heavy atom. The molecular formula is C14H9BrN2. The molecule has 2 aromatic carbocycles. The number of halogens is 1. The molecule has 0 saturated heterocycles. The van der Waals surface area contributed by atoms with Gasteiger partial charge in [0.2, 0.25) is 0 Å². The third-order valence-electron chi connectivity index (χ3n) is 2.22. The van der Waals surface area contributed by atoms with Crippen LogP contribution < -0.4 is 0 Å². The largest absolute Gasteiger partial charge is 0.237 e. The Labute approximate surface area is 108 Å². The van der Waals surface area contributed by atoms with Crippen LogP contribution in [0.4, 0.5) is 5.69 Å². The predicted octanol–water partition coefficient (Wildman–Crippen LogP) is 4.09. The quantitative estimate of drug-likeness (QED) is 0.765. The van der Waals surface area contributed by atoms with E-state index in [4.69, 9.17) is 5.26 Å². The minimum atomic E-state index is 0.420. The molecule has 0 aliphatic heterocycles. The molecule has 0 amide bonds. The van der Waals surface area contributed by atoms with Crippen LogP contribution in [0.5, 0.6) is 0 Å². The summed E-state index contributed by atoms with van der Waals surface area (Å²) in [5.74, 6) is 0. The van der Waals surface area contributed by atoms with Gasteiger partial charge in [0.25, 0.3) is 0 Å². The average Bonchev–Trinajstić information content (AvgIpc) is 2.38. The van der Waals surface area contributed by atoms with Crippen LogP contribution in [0, 0.1) is 11.3 Å². The van der Waals surface area contributed by atoms with Gasteiger partial charge in [0, 0.05) is 10.0 Å². The fourth-order valence-electron chi connectivity index (χ4n) is 1.39. The highest BCUT2D eigenvalue weighted by molar-refractivity contribution is 9.10. The molecule has 0 atom stereocenters. The lowest BCUT2D eigenvalue weighted by Gasteiger charge is -1.99. The molecule has 82 valence electrons. The van der Waals surface area contributed by atoms with E-state index in [0.29, 0.717) is 5.71 Å². The molecule has 0 spiro atoms. The Kier molecular flexibility index (Phi) is 3.69. The Morgan fingerprint density at radius 3 is 2.24 bits per heavy atom. The molecule has 2 aromatic rings. The Hall–Kier alpha value is -1.92. The van der Waals surface area contributed by atoms with E-state index in [1.54, 1.807) is 0 Å². The van der Waals surface area contributed by atoms with Gasteiger partial charge in [-0.2, -0.15) is 5.26 Å². The number of nitrogens with zero attached hydrogens (tertiary/aromatic N) is 2. The fraction of sp³-hybridized carbons (Fsp3) is 0. The van der Waals surface area contributed by atoms with Gasteiger partial charge in [-0.25, -0.2) is 4.99 Å². The first-order valence-corrected chi connectivity index (χ1v) is 5.88. The van der Waals surface area contributed by atoms with Crippen LogP contribution in [0.2, 0.25) is 0 Å². The summed E-state index contributed by atoms with van der Waals surface area (Å²) in [7, 11) is 0. The molecule has 0 unspecified atom stereocenters. The minimum Gasteiger partial charge on any atom is -0.237 e. The lowest BCUT2D eigenvalue weighted by Crippen LogP contribution is -1.95. The first-order chi connectivity index (χ1) is 8.29. The maximum Gasteiger partial charge on any atom is 0.148 e. The van der Waals surface area contributed by atoms with E-state index in [1.165, 1.54) is 0 Å². The minimum absolute atomic E-state index is 0.420. The van der Waals surface area contributed by atoms with Crippen molar-refractivity contribution in [1.82, 2.24) is 0 Å². The van der Waals surface area contributed by atoms with E-state index in [2.05, 4.69) is 27.0 Å². The lowest BCUT2D eigenvalue weighted by atomic mass is 10.1. The molecule has 2 rings (SSSR count). The summed E-state index contributed by atoms with van der Waals surface area (Å²) in [4.78, 5) is 4.32. The van der Waals surface area contributed by atoms with Gasteiger partial charge in [-0.3, -0.25) is 0 Å². The topological polar surface area (TPSA) is 36.1 Å². The highest BCUT2D eigenvalue weighted by Gasteiger charge is 2.02. The van der Waals surface area contributed by atoms with Gasteiger partial charge >= 0.3 is 0 Å². The van der Waals surface area contributed by atoms with Gasteiger partial charge in [0.1, 0.15) is 11.8 Å². The van der Waals surface area contributed by atoms with Gasteiger partial charge < -0.3 is 0 Å². The maximum atomic E-state index is 9.12. The highest BCUT2D eigenvalue weighted by Crippen LogP contribution is 2.15. The number of hydrogen-bond acceptors (Lipinski definition) is 2. The summed E-state index contributed by atoms with van der Waals surface area (Å²) in [6.07, 6.45) is 0. The zero-order chi connectivity index (χ0) is 12.1. The molecule has 0 aromatic heterocycles. The van der Waals surface area contributed by atoms with Crippen molar-refractivity contribution in [3.05, 3.63) is 64.6 Å². The SMILES string of the molecule is N#C/C(=N\c1ccccc1)c1ccc(Br)cc1. The summed E-state index contributed by atoms with van der Waals surface area (Å²) in [6, 6.07) is 19.1. The normalized spacial score (nSPS) is 10.9. The first kappa shape index (κ1) is 11.6. The van der Waals surface area contributed by atoms with Crippen LogP contribution in [0.15, 0.2) is 64.1 Å². The van der Waals surface area contributed by atoms with E-state index in [-0.39, 0.29) is 0 Å². The average molecular weight is 285 g/mol. The summed E-state index contributed by atoms with van der Waals surface area (Å²) in [5.41, 5.74) is 2.02. The molecule has 0 fully saturated rings. The van der Waals surface area contributed by atoms with Crippen molar-refractivity contribution in [2.45, 2.75) is 0 Å². The molecule has 0 bridgehead atoms. The number of rotatable bonds is 2. The third kappa shape index (κ3) is 3.02. The van der Waals surface area contributed by atoms with Crippen molar-refractivity contribution in [1.29, 1.82) is 5.26 Å². The highest BCUT2D eigenvalue weighted by atomic mass is 79.9. The Balaban J connectivity index is 2.38. The molecule has 0 radical (unpaired) electrons. The molecule has 0 aliphatic rings. The number of nitriles is 1. The summed E-state index contributed by atoms with van der Waals surface area (Å²) in [6.45, 7) is 0. The second-order valence-corrected chi connectivity index (χ2v) is 4.33. The van der Waals surface area contributed by atoms with Gasteiger partial charge in [0.05, 0.1) is 5.69 Å². The molecule has 0 heterocycles. The van der Waals surface area contributed by atoms with Crippen molar-refractivity contribution in [2.24, 2.45) is 4.99 Å². The van der Waals surface area contributed by atoms with Gasteiger partial charge in [0.15, 0.2) is 0 Å². The smallest absolute Gasteiger partial charge is 0.148 e. The van der Waals surface area contributed by atoms with Crippen LogP contribution in [0.25, 0.3) is 0 Å². The number of benzene rings is 2. The Morgan fingerprint density at radius 1 is 1.00 bits per heavy atom. The summed E-state index contributed by atoms with van der Waals surface area (Å²) < 4.78 is 0.984. The van der Waals surface area contributed by atoms with Crippen molar-refractivity contribution in [3.8, 4) is 6.07 Å². The van der Waals surface area contributed by atoms with E-state index in [1.807, 2.05) is 54.6 Å². The second-order valence-electron chi connectivity index (χ2n) is 3.41. The van der Waals surface area contributed by atoms with Crippen molar-refractivity contribution < 1.29 is 0 Å². The van der Waals surface area contributed by atoms with E-state index in [0.717, 1.165) is 15.7 Å². The summed E-state index contributed by atoms with van der Waals surface area (Å²) >= 11 is 3.36. The number of aliphatic imine (C=N–C) groups is 1. The van der Waals surface area contributed by atoms with Crippen LogP contribution in [-0.2, 0) is 0 Å². The van der Waals surface area contributed by atoms with Crippen LogP contribution in [0.1, 0.15) is 5.56 Å². The van der Waals surface area contributed by atoms with Crippen LogP contribution in [-0.4, -0.2) is 5.71 Å². The van der Waals surface area contributed by atoms with Gasteiger partial charge in [-0.15, -0.1) is 0 Å². The summed E-state index contributed by atoms with van der Waals surface area (Å²) in [5, 5.41) is 9.12. The molecule has 2 nitrogen and oxygen atoms in total. The zero-order valence-electron chi connectivity index (χ0n) is 8.97. The predicted molar refractivity (Wildman–Crippen MR) is 72.4 cm³/mol. The Bertz CT molecular complexity index is 565.